The Morgan fingerprint density at radius 3 is 1.11 bits per heavy atom. The van der Waals surface area contributed by atoms with E-state index in [9.17, 15) is 19.2 Å². The number of nitrogens with zero attached hydrogens (tertiary/aromatic N) is 8. The van der Waals surface area contributed by atoms with Gasteiger partial charge in [-0.05, 0) is 198 Å². The lowest BCUT2D eigenvalue weighted by Gasteiger charge is -2.19. The molecule has 80 heavy (non-hydrogen) atoms. The van der Waals surface area contributed by atoms with Crippen LogP contribution in [0.1, 0.15) is 128 Å². The highest BCUT2D eigenvalue weighted by Crippen LogP contribution is 2.22. The van der Waals surface area contributed by atoms with Gasteiger partial charge in [-0.1, -0.05) is 89.9 Å². The fraction of sp³-hybridized carbons (Fsp3) is 0.371. The third-order valence-corrected chi connectivity index (χ3v) is 10.9. The van der Waals surface area contributed by atoms with Crippen LogP contribution in [0.4, 0.5) is 19.2 Å². The average Bonchev–Trinajstić information content (AvgIpc) is 4.15. The van der Waals surface area contributed by atoms with Crippen LogP contribution in [0.3, 0.4) is 0 Å². The first-order valence-electron chi connectivity index (χ1n) is 24.1. The van der Waals surface area contributed by atoms with Crippen molar-refractivity contribution in [3.63, 3.8) is 0 Å². The number of ether oxygens (including phenoxy) is 4. The van der Waals surface area contributed by atoms with E-state index in [4.69, 9.17) is 18.9 Å². The molecule has 4 aromatic heterocycles. The predicted octanol–water partition coefficient (Wildman–Crippen LogP) is 17.2. The van der Waals surface area contributed by atoms with Gasteiger partial charge in [0.15, 0.2) is 0 Å². The SMILES string of the molecule is C.C.C.C=C=C=C=C=C=C.CC(C)(C)OC(=O)n1cnc2cc(CBr)ccc21.CC(C)(C)OC(=O)n1cnc2ccc(CBr)cc21.Cc1ccc2c(c1)ncn2C(=O)OC(C)(C)C.Cc1ccc2ncn(C(=O)OC(C)(C)C)c2c1. The van der Waals surface area contributed by atoms with Gasteiger partial charge in [0.1, 0.15) is 47.7 Å². The molecular formula is C62H78Br2N8O8. The van der Waals surface area contributed by atoms with Crippen LogP contribution < -0.4 is 0 Å². The van der Waals surface area contributed by atoms with Crippen LogP contribution in [0.25, 0.3) is 44.1 Å². The first-order valence-corrected chi connectivity index (χ1v) is 26.3. The second-order valence-electron chi connectivity index (χ2n) is 21.0. The van der Waals surface area contributed by atoms with Crippen LogP contribution in [0, 0.1) is 13.8 Å². The first-order chi connectivity index (χ1) is 36.0. The summed E-state index contributed by atoms with van der Waals surface area (Å²) >= 11 is 6.79. The lowest BCUT2D eigenvalue weighted by Crippen LogP contribution is -2.26. The summed E-state index contributed by atoms with van der Waals surface area (Å²) in [4.78, 5) is 64.7. The summed E-state index contributed by atoms with van der Waals surface area (Å²) in [7, 11) is 0. The number of hydrogen-bond acceptors (Lipinski definition) is 12. The molecule has 0 aliphatic carbocycles. The van der Waals surface area contributed by atoms with E-state index in [1.165, 1.54) is 43.6 Å². The number of hydrogen-bond donors (Lipinski definition) is 0. The van der Waals surface area contributed by atoms with Gasteiger partial charge in [-0.25, -0.2) is 57.4 Å². The third kappa shape index (κ3) is 21.8. The van der Waals surface area contributed by atoms with Gasteiger partial charge in [0.05, 0.1) is 44.1 Å². The second kappa shape index (κ2) is 30.6. The van der Waals surface area contributed by atoms with Gasteiger partial charge in [-0.15, -0.1) is 0 Å². The van der Waals surface area contributed by atoms with Crippen molar-refractivity contribution in [2.45, 2.75) is 152 Å². The minimum Gasteiger partial charge on any atom is -0.443 e. The topological polar surface area (TPSA) is 176 Å². The number of rotatable bonds is 2. The number of aryl methyl sites for hydroxylation is 2. The van der Waals surface area contributed by atoms with E-state index in [0.717, 1.165) is 77.0 Å². The van der Waals surface area contributed by atoms with Crippen LogP contribution in [0.2, 0.25) is 0 Å². The maximum Gasteiger partial charge on any atom is 0.420 e. The van der Waals surface area contributed by atoms with Crippen molar-refractivity contribution in [3.05, 3.63) is 162 Å². The molecule has 0 aliphatic rings. The van der Waals surface area contributed by atoms with Crippen molar-refractivity contribution < 1.29 is 38.1 Å². The van der Waals surface area contributed by atoms with Crippen molar-refractivity contribution in [3.8, 4) is 0 Å². The van der Waals surface area contributed by atoms with Gasteiger partial charge < -0.3 is 18.9 Å². The molecule has 0 bridgehead atoms. The number of carbonyl (C=O) groups excluding carboxylic acids is 4. The van der Waals surface area contributed by atoms with E-state index in [-0.39, 0.29) is 22.3 Å². The summed E-state index contributed by atoms with van der Waals surface area (Å²) in [5.74, 6) is 0. The molecule has 8 aromatic rings. The fourth-order valence-corrected chi connectivity index (χ4v) is 7.16. The number of aromatic nitrogens is 8. The van der Waals surface area contributed by atoms with Crippen molar-refractivity contribution in [2.24, 2.45) is 0 Å². The van der Waals surface area contributed by atoms with E-state index in [2.05, 4.69) is 93.6 Å². The van der Waals surface area contributed by atoms with Gasteiger partial charge in [0, 0.05) is 10.7 Å². The maximum atomic E-state index is 12.0. The molecular weight excluding hydrogens is 1140 g/mol. The highest BCUT2D eigenvalue weighted by Gasteiger charge is 2.23. The minimum atomic E-state index is -0.513. The van der Waals surface area contributed by atoms with Crippen molar-refractivity contribution in [2.75, 3.05) is 0 Å². The lowest BCUT2D eigenvalue weighted by molar-refractivity contribution is 0.0532. The van der Waals surface area contributed by atoms with Crippen LogP contribution in [0.15, 0.2) is 140 Å². The van der Waals surface area contributed by atoms with Gasteiger partial charge in [0.25, 0.3) is 0 Å². The quantitative estimate of drug-likeness (QED) is 0.0911. The highest BCUT2D eigenvalue weighted by atomic mass is 79.9. The zero-order valence-electron chi connectivity index (χ0n) is 46.2. The largest absolute Gasteiger partial charge is 0.443 e. The van der Waals surface area contributed by atoms with Crippen LogP contribution in [0.5, 0.6) is 0 Å². The van der Waals surface area contributed by atoms with Crippen molar-refractivity contribution in [1.82, 2.24) is 38.2 Å². The number of carbonyl (C=O) groups is 4. The molecule has 0 unspecified atom stereocenters. The molecule has 0 aliphatic heterocycles. The lowest BCUT2D eigenvalue weighted by atomic mass is 10.2. The van der Waals surface area contributed by atoms with E-state index < -0.39 is 46.8 Å². The molecule has 0 saturated heterocycles. The van der Waals surface area contributed by atoms with Crippen LogP contribution in [-0.2, 0) is 29.6 Å². The number of fused-ring (bicyclic) bond motifs is 4. The molecule has 4 heterocycles. The zero-order valence-corrected chi connectivity index (χ0v) is 49.3. The number of alkyl halides is 2. The van der Waals surface area contributed by atoms with Gasteiger partial charge in [0.2, 0.25) is 0 Å². The summed E-state index contributed by atoms with van der Waals surface area (Å²) in [6.45, 7) is 32.6. The smallest absolute Gasteiger partial charge is 0.420 e. The Morgan fingerprint density at radius 2 is 0.725 bits per heavy atom. The molecule has 0 fully saturated rings. The third-order valence-electron chi connectivity index (χ3n) is 9.60. The van der Waals surface area contributed by atoms with Gasteiger partial charge in [-0.3, -0.25) is 0 Å². The Labute approximate surface area is 488 Å². The fourth-order valence-electron chi connectivity index (χ4n) is 6.46. The normalized spacial score (nSPS) is 10.6. The molecule has 0 amide bonds. The summed E-state index contributed by atoms with van der Waals surface area (Å²) in [6, 6.07) is 23.1. The summed E-state index contributed by atoms with van der Waals surface area (Å²) in [6.07, 6.45) is 4.38. The molecule has 0 saturated carbocycles. The van der Waals surface area contributed by atoms with E-state index in [0.29, 0.717) is 0 Å². The predicted molar refractivity (Wildman–Crippen MR) is 329 cm³/mol. The molecule has 18 heteroatoms. The summed E-state index contributed by atoms with van der Waals surface area (Å²) < 4.78 is 27.0. The second-order valence-corrected chi connectivity index (χ2v) is 22.1. The molecule has 16 nitrogen and oxygen atoms in total. The van der Waals surface area contributed by atoms with E-state index in [1.54, 1.807) is 0 Å². The average molecular weight is 1220 g/mol. The monoisotopic (exact) mass is 1220 g/mol. The molecule has 0 spiro atoms. The highest BCUT2D eigenvalue weighted by molar-refractivity contribution is 9.08. The van der Waals surface area contributed by atoms with Crippen molar-refractivity contribution in [1.29, 1.82) is 0 Å². The summed E-state index contributed by atoms with van der Waals surface area (Å²) in [5.41, 5.74) is 20.6. The van der Waals surface area contributed by atoms with E-state index >= 15 is 0 Å². The Hall–Kier alpha value is -7.76. The van der Waals surface area contributed by atoms with Crippen LogP contribution in [-0.4, -0.2) is 85.0 Å². The number of halogens is 2. The van der Waals surface area contributed by atoms with Gasteiger partial charge in [-0.2, -0.15) is 0 Å². The Kier molecular flexibility index (Phi) is 26.8. The minimum absolute atomic E-state index is 0. The Balaban J connectivity index is 0.000000507. The zero-order chi connectivity index (χ0) is 57.5. The standard InChI is InChI=1S/2C13H15BrN2O2.2C13H16N2O2.C7H4.3CH4/c1-13(2,3)18-12(17)16-8-15-10-6-9(7-14)4-5-11(10)16;1-13(2,3)18-12(17)16-8-15-10-5-4-9(7-14)6-11(10)16;1-9-5-6-11-10(7-9)14-8-15(11)12(16)17-13(2,3)4;1-9-5-6-10-11(7-9)15(8-14-10)12(16)17-13(2,3)4;1-3-5-7-6-4-2;;;/h2*4-6,8H,7H2,1-3H3;2*5-8H,1-4H3;1-2H2;3*1H4. The molecule has 428 valence electrons. The van der Waals surface area contributed by atoms with Gasteiger partial charge >= 0.3 is 24.4 Å². The Morgan fingerprint density at radius 1 is 0.425 bits per heavy atom. The molecule has 0 N–H and O–H groups in total. The molecule has 8 rings (SSSR count). The molecule has 0 atom stereocenters. The van der Waals surface area contributed by atoms with E-state index in [1.807, 2.05) is 170 Å². The first kappa shape index (κ1) is 70.3. The van der Waals surface area contributed by atoms with Crippen LogP contribution >= 0.6 is 31.9 Å². The van der Waals surface area contributed by atoms with Crippen molar-refractivity contribution >= 4 is 100 Å². The molecule has 4 aromatic carbocycles. The molecule has 0 radical (unpaired) electrons. The number of benzene rings is 4. The summed E-state index contributed by atoms with van der Waals surface area (Å²) in [5, 5.41) is 1.50. The Bertz CT molecular complexity index is 3560. The maximum absolute atomic E-state index is 12.0. The number of imidazole rings is 4.